The van der Waals surface area contributed by atoms with Crippen molar-refractivity contribution >= 4 is 36.3 Å². The number of amides is 1. The van der Waals surface area contributed by atoms with Gasteiger partial charge in [-0.05, 0) is 37.1 Å². The van der Waals surface area contributed by atoms with Crippen molar-refractivity contribution < 1.29 is 42.0 Å². The first kappa shape index (κ1) is 25.2. The van der Waals surface area contributed by atoms with Gasteiger partial charge < -0.3 is 20.5 Å². The number of alkyl halides is 3. The molecule has 14 heteroatoms. The summed E-state index contributed by atoms with van der Waals surface area (Å²) in [5.74, 6) is -4.40. The molecule has 30 heavy (non-hydrogen) atoms. The second-order valence-electron chi connectivity index (χ2n) is 5.83. The van der Waals surface area contributed by atoms with Crippen LogP contribution < -0.4 is 11.1 Å². The Labute approximate surface area is 173 Å². The first-order chi connectivity index (χ1) is 14.0. The topological polar surface area (TPSA) is 151 Å². The zero-order valence-corrected chi connectivity index (χ0v) is 16.2. The first-order valence-corrected chi connectivity index (χ1v) is 8.85. The summed E-state index contributed by atoms with van der Waals surface area (Å²) in [5, 5.41) is 11.6. The van der Waals surface area contributed by atoms with E-state index in [1.807, 2.05) is 5.32 Å². The zero-order valence-electron chi connectivity index (χ0n) is 15.3. The van der Waals surface area contributed by atoms with E-state index in [2.05, 4.69) is 17.4 Å². The monoisotopic (exact) mass is 453 g/mol. The van der Waals surface area contributed by atoms with Crippen LogP contribution in [0.1, 0.15) is 18.4 Å². The van der Waals surface area contributed by atoms with Crippen LogP contribution in [0.3, 0.4) is 0 Å². The van der Waals surface area contributed by atoms with Crippen LogP contribution >= 0.6 is 12.6 Å². The molecule has 0 aliphatic rings. The van der Waals surface area contributed by atoms with Crippen LogP contribution in [0, 0.1) is 10.1 Å². The predicted molar refractivity (Wildman–Crippen MR) is 98.4 cm³/mol. The molecule has 0 heterocycles. The minimum atomic E-state index is -5.40. The molecule has 0 saturated heterocycles. The molecule has 0 aliphatic heterocycles. The average molecular weight is 453 g/mol. The largest absolute Gasteiger partial charge is 0.491 e. The number of thiol groups is 1. The number of nitro groups is 1. The van der Waals surface area contributed by atoms with Crippen molar-refractivity contribution in [1.82, 2.24) is 5.32 Å². The van der Waals surface area contributed by atoms with E-state index in [-0.39, 0.29) is 25.3 Å². The summed E-state index contributed by atoms with van der Waals surface area (Å²) >= 11 is 4.05. The van der Waals surface area contributed by atoms with Crippen LogP contribution in [0.4, 0.5) is 23.7 Å². The Morgan fingerprint density at radius 3 is 2.33 bits per heavy atom. The number of carbonyl (C=O) groups excluding carboxylic acids is 3. The summed E-state index contributed by atoms with van der Waals surface area (Å²) in [5.41, 5.74) is 5.51. The summed E-state index contributed by atoms with van der Waals surface area (Å²) in [6.45, 7) is -0.169. The van der Waals surface area contributed by atoms with Gasteiger partial charge in [-0.25, -0.2) is 14.4 Å². The van der Waals surface area contributed by atoms with Gasteiger partial charge in [0.05, 0.1) is 4.92 Å². The van der Waals surface area contributed by atoms with Crippen molar-refractivity contribution in [1.29, 1.82) is 0 Å². The van der Waals surface area contributed by atoms with Crippen molar-refractivity contribution in [3.05, 3.63) is 39.9 Å². The fraction of sp³-hybridized carbons (Fsp3) is 0.438. The zero-order chi connectivity index (χ0) is 22.9. The number of non-ortho nitro benzene ring substituents is 1. The third kappa shape index (κ3) is 8.24. The van der Waals surface area contributed by atoms with Crippen LogP contribution in [0.25, 0.3) is 0 Å². The number of hydrogen-bond acceptors (Lipinski definition) is 9. The number of ether oxygens (including phenoxy) is 2. The normalized spacial score (nSPS) is 13.1. The van der Waals surface area contributed by atoms with Gasteiger partial charge in [0.2, 0.25) is 0 Å². The Morgan fingerprint density at radius 1 is 1.23 bits per heavy atom. The SMILES string of the molecule is NCCCC(S)C(NC(=O)OCc1ccc([N+](=O)[O-])cc1)C(=O)OC(=O)C(F)(F)F. The van der Waals surface area contributed by atoms with Crippen LogP contribution in [-0.2, 0) is 25.7 Å². The molecule has 1 aromatic rings. The highest BCUT2D eigenvalue weighted by Crippen LogP contribution is 2.19. The standard InChI is InChI=1S/C16H18F3N3O7S/c17-16(18,19)14(24)29-13(23)12(11(30)2-1-7-20)21-15(25)28-8-9-3-5-10(6-4-9)22(26)27/h3-6,11-12,30H,1-2,7-8,20H2,(H,21,25). The number of nitrogens with one attached hydrogen (secondary N) is 1. The number of halogens is 3. The summed E-state index contributed by atoms with van der Waals surface area (Å²) in [7, 11) is 0. The molecule has 1 aromatic carbocycles. The van der Waals surface area contributed by atoms with Crippen LogP contribution in [0.2, 0.25) is 0 Å². The number of esters is 2. The summed E-state index contributed by atoms with van der Waals surface area (Å²) < 4.78 is 45.5. The van der Waals surface area contributed by atoms with E-state index in [1.54, 1.807) is 0 Å². The van der Waals surface area contributed by atoms with Crippen molar-refractivity contribution in [2.24, 2.45) is 5.73 Å². The number of benzene rings is 1. The molecule has 3 N–H and O–H groups in total. The van der Waals surface area contributed by atoms with Crippen molar-refractivity contribution in [2.75, 3.05) is 6.54 Å². The Bertz CT molecular complexity index is 774. The highest BCUT2D eigenvalue weighted by molar-refractivity contribution is 7.81. The maximum absolute atomic E-state index is 12.3. The van der Waals surface area contributed by atoms with E-state index in [9.17, 15) is 37.7 Å². The van der Waals surface area contributed by atoms with Crippen LogP contribution in [-0.4, -0.2) is 47.0 Å². The van der Waals surface area contributed by atoms with Crippen molar-refractivity contribution in [3.63, 3.8) is 0 Å². The molecule has 1 amide bonds. The molecule has 0 saturated carbocycles. The second kappa shape index (κ2) is 11.3. The summed E-state index contributed by atoms with van der Waals surface area (Å²) in [6, 6.07) is 3.27. The molecule has 0 spiro atoms. The molecule has 166 valence electrons. The van der Waals surface area contributed by atoms with Gasteiger partial charge >= 0.3 is 24.2 Å². The van der Waals surface area contributed by atoms with E-state index in [1.165, 1.54) is 24.3 Å². The van der Waals surface area contributed by atoms with Crippen LogP contribution in [0.15, 0.2) is 24.3 Å². The van der Waals surface area contributed by atoms with E-state index >= 15 is 0 Å². The third-order valence-electron chi connectivity index (χ3n) is 3.56. The van der Waals surface area contributed by atoms with Gasteiger partial charge in [-0.15, -0.1) is 0 Å². The van der Waals surface area contributed by atoms with Gasteiger partial charge in [-0.1, -0.05) is 0 Å². The number of nitro benzene ring substituents is 1. The van der Waals surface area contributed by atoms with Crippen molar-refractivity contribution in [2.45, 2.75) is 36.9 Å². The molecule has 0 radical (unpaired) electrons. The molecule has 0 fully saturated rings. The lowest BCUT2D eigenvalue weighted by Gasteiger charge is -2.22. The number of nitrogens with two attached hydrogens (primary N) is 1. The Morgan fingerprint density at radius 2 is 1.83 bits per heavy atom. The third-order valence-corrected chi connectivity index (χ3v) is 4.11. The Balaban J connectivity index is 2.76. The quantitative estimate of drug-likeness (QED) is 0.169. The molecule has 2 unspecified atom stereocenters. The molecule has 0 bridgehead atoms. The summed E-state index contributed by atoms with van der Waals surface area (Å²) in [4.78, 5) is 44.8. The maximum atomic E-state index is 12.3. The first-order valence-electron chi connectivity index (χ1n) is 8.33. The molecule has 2 atom stereocenters. The smallest absolute Gasteiger partial charge is 0.445 e. The minimum absolute atomic E-state index is 0.113. The Kier molecular flexibility index (Phi) is 9.52. The highest BCUT2D eigenvalue weighted by atomic mass is 32.1. The van der Waals surface area contributed by atoms with Gasteiger partial charge in [-0.3, -0.25) is 10.1 Å². The average Bonchev–Trinajstić information content (AvgIpc) is 2.68. The highest BCUT2D eigenvalue weighted by Gasteiger charge is 2.44. The van der Waals surface area contributed by atoms with E-state index in [4.69, 9.17) is 10.5 Å². The predicted octanol–water partition coefficient (Wildman–Crippen LogP) is 1.86. The molecular weight excluding hydrogens is 435 g/mol. The number of nitrogens with zero attached hydrogens (tertiary/aromatic N) is 1. The lowest BCUT2D eigenvalue weighted by molar-refractivity contribution is -0.384. The number of rotatable bonds is 9. The fourth-order valence-corrected chi connectivity index (χ4v) is 2.43. The molecule has 0 aromatic heterocycles. The van der Waals surface area contributed by atoms with Gasteiger partial charge in [0.15, 0.2) is 0 Å². The lowest BCUT2D eigenvalue weighted by atomic mass is 10.1. The minimum Gasteiger partial charge on any atom is -0.445 e. The number of hydrogen-bond donors (Lipinski definition) is 3. The molecule has 1 rings (SSSR count). The fourth-order valence-electron chi connectivity index (χ4n) is 2.05. The molecule has 0 aliphatic carbocycles. The van der Waals surface area contributed by atoms with Gasteiger partial charge in [-0.2, -0.15) is 25.8 Å². The molecule has 10 nitrogen and oxygen atoms in total. The maximum Gasteiger partial charge on any atom is 0.491 e. The van der Waals surface area contributed by atoms with Crippen LogP contribution in [0.5, 0.6) is 0 Å². The van der Waals surface area contributed by atoms with Crippen molar-refractivity contribution in [3.8, 4) is 0 Å². The van der Waals surface area contributed by atoms with Gasteiger partial charge in [0.1, 0.15) is 12.6 Å². The van der Waals surface area contributed by atoms with Gasteiger partial charge in [0, 0.05) is 17.4 Å². The van der Waals surface area contributed by atoms with E-state index < -0.39 is 40.4 Å². The van der Waals surface area contributed by atoms with E-state index in [0.717, 1.165) is 0 Å². The Hall–Kier alpha value is -2.87. The lowest BCUT2D eigenvalue weighted by Crippen LogP contribution is -2.49. The molecular formula is C16H18F3N3O7S. The number of alkyl carbamates (subject to hydrolysis) is 1. The second-order valence-corrected chi connectivity index (χ2v) is 6.49. The van der Waals surface area contributed by atoms with E-state index in [0.29, 0.717) is 12.0 Å². The summed E-state index contributed by atoms with van der Waals surface area (Å²) in [6.07, 6.45) is -6.17. The number of carbonyl (C=O) groups is 3. The van der Waals surface area contributed by atoms with Gasteiger partial charge in [0.25, 0.3) is 5.69 Å².